The summed E-state index contributed by atoms with van der Waals surface area (Å²) < 4.78 is 16.2. The van der Waals surface area contributed by atoms with Gasteiger partial charge in [-0.25, -0.2) is 19.6 Å². The number of rotatable bonds is 9. The molecule has 15 heteroatoms. The Hall–Kier alpha value is -6.64. The van der Waals surface area contributed by atoms with Gasteiger partial charge in [-0.05, 0) is 83.1 Å². The molecule has 0 radical (unpaired) electrons. The Morgan fingerprint density at radius 3 is 2.29 bits per heavy atom. The molecule has 63 heavy (non-hydrogen) atoms. The Kier molecular flexibility index (Phi) is 11.2. The van der Waals surface area contributed by atoms with Crippen LogP contribution in [0.2, 0.25) is 0 Å². The number of alkyl carbamates (subject to hydrolysis) is 2. The Balaban J connectivity index is 0.944. The Morgan fingerprint density at radius 1 is 0.873 bits per heavy atom. The minimum atomic E-state index is -0.906. The lowest BCUT2D eigenvalue weighted by Crippen LogP contribution is -2.51. The van der Waals surface area contributed by atoms with Crippen LogP contribution < -0.4 is 10.6 Å². The number of ether oxygens (including phenoxy) is 3. The van der Waals surface area contributed by atoms with Crippen LogP contribution >= 0.6 is 0 Å². The fourth-order valence-electron chi connectivity index (χ4n) is 9.90. The monoisotopic (exact) mass is 854 g/mol. The van der Waals surface area contributed by atoms with Gasteiger partial charge in [0.2, 0.25) is 5.91 Å². The Bertz CT molecular complexity index is 2540. The largest absolute Gasteiger partial charge is 0.489 e. The molecule has 5 heterocycles. The van der Waals surface area contributed by atoms with E-state index in [2.05, 4.69) is 70.9 Å². The molecule has 4 aromatic rings. The number of hydrogen-bond acceptors (Lipinski definition) is 9. The Labute approximate surface area is 366 Å². The minimum Gasteiger partial charge on any atom is -0.489 e. The van der Waals surface area contributed by atoms with Crippen LogP contribution in [0.3, 0.4) is 0 Å². The third-order valence-corrected chi connectivity index (χ3v) is 13.1. The molecule has 2 saturated heterocycles. The number of benzene rings is 2. The molecule has 4 amide bonds. The maximum absolute atomic E-state index is 14.3. The summed E-state index contributed by atoms with van der Waals surface area (Å²) in [5.74, 6) is 2.36. The second kappa shape index (κ2) is 16.9. The topological polar surface area (TPSA) is 184 Å². The highest BCUT2D eigenvalue weighted by atomic mass is 16.5. The number of carbonyl (C=O) groups is 4. The highest BCUT2D eigenvalue weighted by Gasteiger charge is 2.42. The van der Waals surface area contributed by atoms with Gasteiger partial charge in [0.1, 0.15) is 36.1 Å². The van der Waals surface area contributed by atoms with Gasteiger partial charge in [0, 0.05) is 24.6 Å². The van der Waals surface area contributed by atoms with Crippen LogP contribution in [0.15, 0.2) is 72.6 Å². The number of methoxy groups -OCH3 is 2. The smallest absolute Gasteiger partial charge is 0.407 e. The highest BCUT2D eigenvalue weighted by Crippen LogP contribution is 2.48. The highest BCUT2D eigenvalue weighted by molar-refractivity contribution is 5.89. The summed E-state index contributed by atoms with van der Waals surface area (Å²) in [6, 6.07) is 13.5. The van der Waals surface area contributed by atoms with E-state index in [-0.39, 0.29) is 47.6 Å². The molecule has 328 valence electrons. The zero-order valence-corrected chi connectivity index (χ0v) is 36.4. The van der Waals surface area contributed by atoms with Gasteiger partial charge in [-0.15, -0.1) is 0 Å². The molecular weight excluding hydrogens is 801 g/mol. The van der Waals surface area contributed by atoms with Crippen LogP contribution in [0.5, 0.6) is 0 Å². The molecule has 2 aromatic carbocycles. The standard InChI is InChI=1S/C48H54N8O7/c1-25(2)40(53-47(59)61-5)45(57)55-22-26(3)16-37(55)43-49-21-36(51-43)30-12-14-32-31(18-30)24-63-39-20-33-29(19-34(32)39)13-15-35-42(33)52-44(50-35)38-17-27(4)23-56(38)46(58)41(54-48(60)62-6)28-10-8-7-9-11-28/h7-15,18,20-21,25-27,29,37-38,40-41H,16-17,19,22-24H2,1-6H3,(H,49,51)(H,50,52)(H,53,59)(H,54,60)/t26-,27-,29?,37-,38-,40-,41+/m0/s1. The average molecular weight is 855 g/mol. The molecule has 1 unspecified atom stereocenters. The van der Waals surface area contributed by atoms with Crippen molar-refractivity contribution in [3.8, 4) is 11.3 Å². The second-order valence-corrected chi connectivity index (χ2v) is 17.9. The number of nitrogens with zero attached hydrogens (tertiary/aromatic N) is 4. The first-order valence-corrected chi connectivity index (χ1v) is 21.8. The SMILES string of the molecule is COC(=O)N[C@H](C(=O)N1C[C@@H](C)C[C@H]1c1ncc(-c2ccc3c(c2)COC2=C3CC3C=Cc4[nH]c([C@@H]5C[C@H](C)CN5C(=O)[C@H](NC(=O)OC)c5ccccc5)nc4C3=C2)[nH]1)C(C)C. The summed E-state index contributed by atoms with van der Waals surface area (Å²) in [5.41, 5.74) is 8.71. The molecular formula is C48H54N8O7. The fourth-order valence-corrected chi connectivity index (χ4v) is 9.90. The van der Waals surface area contributed by atoms with Crippen LogP contribution in [0.25, 0.3) is 28.5 Å². The van der Waals surface area contributed by atoms with E-state index in [0.29, 0.717) is 31.1 Å². The van der Waals surface area contributed by atoms with Crippen molar-refractivity contribution in [2.24, 2.45) is 23.7 Å². The van der Waals surface area contributed by atoms with E-state index in [1.165, 1.54) is 14.2 Å². The van der Waals surface area contributed by atoms with E-state index in [1.807, 2.05) is 60.2 Å². The van der Waals surface area contributed by atoms with Crippen molar-refractivity contribution >= 4 is 41.2 Å². The number of hydrogen-bond donors (Lipinski definition) is 4. The van der Waals surface area contributed by atoms with Crippen LogP contribution in [0.1, 0.15) is 105 Å². The second-order valence-electron chi connectivity index (χ2n) is 17.9. The van der Waals surface area contributed by atoms with Crippen LogP contribution in [-0.4, -0.2) is 87.1 Å². The maximum atomic E-state index is 14.3. The normalized spacial score (nSPS) is 23.2. The maximum Gasteiger partial charge on any atom is 0.407 e. The van der Waals surface area contributed by atoms with Gasteiger partial charge in [0.15, 0.2) is 0 Å². The van der Waals surface area contributed by atoms with Crippen molar-refractivity contribution in [1.29, 1.82) is 0 Å². The molecule has 4 N–H and O–H groups in total. The summed E-state index contributed by atoms with van der Waals surface area (Å²) in [7, 11) is 2.58. The number of imidazole rings is 2. The van der Waals surface area contributed by atoms with Gasteiger partial charge in [-0.2, -0.15) is 0 Å². The van der Waals surface area contributed by atoms with Gasteiger partial charge < -0.3 is 44.6 Å². The molecule has 9 rings (SSSR count). The van der Waals surface area contributed by atoms with E-state index in [0.717, 1.165) is 75.8 Å². The van der Waals surface area contributed by atoms with Crippen LogP contribution in [0, 0.1) is 23.7 Å². The molecule has 2 aromatic heterocycles. The lowest BCUT2D eigenvalue weighted by atomic mass is 9.78. The zero-order valence-electron chi connectivity index (χ0n) is 36.4. The molecule has 0 bridgehead atoms. The third-order valence-electron chi connectivity index (χ3n) is 13.1. The predicted octanol–water partition coefficient (Wildman–Crippen LogP) is 7.47. The first kappa shape index (κ1) is 41.7. The van der Waals surface area contributed by atoms with E-state index in [1.54, 1.807) is 0 Å². The predicted molar refractivity (Wildman–Crippen MR) is 235 cm³/mol. The van der Waals surface area contributed by atoms with Gasteiger partial charge in [0.25, 0.3) is 5.91 Å². The van der Waals surface area contributed by atoms with Crippen molar-refractivity contribution in [2.45, 2.75) is 77.7 Å². The number of fused-ring (bicyclic) bond motifs is 5. The minimum absolute atomic E-state index is 0.0846. The first-order chi connectivity index (χ1) is 30.4. The summed E-state index contributed by atoms with van der Waals surface area (Å²) in [6.45, 7) is 9.57. The van der Waals surface area contributed by atoms with E-state index in [9.17, 15) is 19.2 Å². The number of allylic oxidation sites excluding steroid dienone is 4. The molecule has 0 saturated carbocycles. The van der Waals surface area contributed by atoms with Crippen LogP contribution in [-0.2, 0) is 30.4 Å². The van der Waals surface area contributed by atoms with E-state index in [4.69, 9.17) is 24.2 Å². The van der Waals surface area contributed by atoms with Crippen LogP contribution in [0.4, 0.5) is 9.59 Å². The molecule has 5 aliphatic rings. The van der Waals surface area contributed by atoms with Crippen molar-refractivity contribution in [2.75, 3.05) is 27.3 Å². The number of carbonyl (C=O) groups excluding carboxylic acids is 4. The lowest BCUT2D eigenvalue weighted by molar-refractivity contribution is -0.136. The van der Waals surface area contributed by atoms with Crippen molar-refractivity contribution in [3.63, 3.8) is 0 Å². The fraction of sp³-hybridized carbons (Fsp3) is 0.417. The number of likely N-dealkylation sites (tertiary alicyclic amines) is 2. The van der Waals surface area contributed by atoms with Gasteiger partial charge in [-0.1, -0.05) is 76.2 Å². The molecule has 2 fully saturated rings. The van der Waals surface area contributed by atoms with Gasteiger partial charge in [-0.3, -0.25) is 9.59 Å². The third kappa shape index (κ3) is 7.89. The van der Waals surface area contributed by atoms with Crippen molar-refractivity contribution in [1.82, 2.24) is 40.4 Å². The van der Waals surface area contributed by atoms with Crippen molar-refractivity contribution in [3.05, 3.63) is 112 Å². The number of aromatic amines is 2. The summed E-state index contributed by atoms with van der Waals surface area (Å²) in [6.07, 6.45) is 9.19. The molecule has 15 nitrogen and oxygen atoms in total. The number of aromatic nitrogens is 4. The number of nitrogens with one attached hydrogen (secondary N) is 4. The number of amides is 4. The lowest BCUT2D eigenvalue weighted by Gasteiger charge is -2.31. The van der Waals surface area contributed by atoms with Crippen molar-refractivity contribution < 1.29 is 33.4 Å². The quantitative estimate of drug-likeness (QED) is 0.133. The number of H-pyrrole nitrogens is 2. The summed E-state index contributed by atoms with van der Waals surface area (Å²) in [4.78, 5) is 73.3. The van der Waals surface area contributed by atoms with Gasteiger partial charge in [0.05, 0.1) is 49.6 Å². The molecule has 2 aliphatic carbocycles. The first-order valence-electron chi connectivity index (χ1n) is 21.8. The molecule has 3 aliphatic heterocycles. The van der Waals surface area contributed by atoms with Gasteiger partial charge >= 0.3 is 12.2 Å². The van der Waals surface area contributed by atoms with E-state index < -0.39 is 24.3 Å². The average Bonchev–Trinajstić information content (AvgIpc) is 4.12. The Morgan fingerprint density at radius 2 is 1.57 bits per heavy atom. The molecule has 0 spiro atoms. The summed E-state index contributed by atoms with van der Waals surface area (Å²) >= 11 is 0. The molecule has 7 atom stereocenters. The zero-order chi connectivity index (χ0) is 44.1. The van der Waals surface area contributed by atoms with E-state index >= 15 is 0 Å². The summed E-state index contributed by atoms with van der Waals surface area (Å²) in [5, 5.41) is 5.48.